The first-order valence-electron chi connectivity index (χ1n) is 8.42. The van der Waals surface area contributed by atoms with Crippen molar-refractivity contribution in [2.24, 2.45) is 0 Å². The van der Waals surface area contributed by atoms with Crippen LogP contribution in [0, 0.1) is 0 Å². The third-order valence-corrected chi connectivity index (χ3v) is 4.73. The summed E-state index contributed by atoms with van der Waals surface area (Å²) in [7, 11) is 0. The quantitative estimate of drug-likeness (QED) is 0.771. The number of aromatic nitrogens is 4. The summed E-state index contributed by atoms with van der Waals surface area (Å²) in [6, 6.07) is 10.4. The lowest BCUT2D eigenvalue weighted by Gasteiger charge is -2.24. The monoisotopic (exact) mass is 323 g/mol. The number of nitrogens with zero attached hydrogens (tertiary/aromatic N) is 4. The zero-order valence-corrected chi connectivity index (χ0v) is 13.7. The van der Waals surface area contributed by atoms with E-state index in [0.717, 1.165) is 41.7 Å². The number of fused-ring (bicyclic) bond motifs is 1. The van der Waals surface area contributed by atoms with Crippen LogP contribution >= 0.6 is 0 Å². The molecule has 0 radical (unpaired) electrons. The van der Waals surface area contributed by atoms with Gasteiger partial charge in [-0.1, -0.05) is 31.5 Å². The van der Waals surface area contributed by atoms with Crippen molar-refractivity contribution in [3.8, 4) is 0 Å². The highest BCUT2D eigenvalue weighted by Gasteiger charge is 2.40. The fourth-order valence-corrected chi connectivity index (χ4v) is 3.49. The predicted octanol–water partition coefficient (Wildman–Crippen LogP) is 2.40. The third-order valence-electron chi connectivity index (χ3n) is 4.73. The van der Waals surface area contributed by atoms with Gasteiger partial charge >= 0.3 is 0 Å². The molecule has 1 saturated heterocycles. The van der Waals surface area contributed by atoms with E-state index < -0.39 is 5.60 Å². The average Bonchev–Trinajstić information content (AvgIpc) is 3.25. The van der Waals surface area contributed by atoms with Crippen LogP contribution in [0.25, 0.3) is 10.9 Å². The van der Waals surface area contributed by atoms with Crippen molar-refractivity contribution in [3.05, 3.63) is 47.9 Å². The van der Waals surface area contributed by atoms with Crippen LogP contribution in [0.4, 0.5) is 5.69 Å². The van der Waals surface area contributed by atoms with Gasteiger partial charge in [-0.15, -0.1) is 0 Å². The second-order valence-electron chi connectivity index (χ2n) is 6.46. The Morgan fingerprint density at radius 1 is 1.33 bits per heavy atom. The SMILES string of the molecule is CCCc1cc(N2CC[C@@](O)(c3cn[nH]n3)C2)c2ccccc2n1. The topological polar surface area (TPSA) is 77.9 Å². The summed E-state index contributed by atoms with van der Waals surface area (Å²) in [6.07, 6.45) is 4.27. The zero-order chi connectivity index (χ0) is 16.6. The standard InChI is InChI=1S/C18H21N5O/c1-2-5-13-10-16(14-6-3-4-7-15(14)20-13)23-9-8-18(24,12-23)17-11-19-22-21-17/h3-4,6-7,10-11,24H,2,5,8-9,12H2,1H3,(H,19,21,22)/t18-/m0/s1. The summed E-state index contributed by atoms with van der Waals surface area (Å²) >= 11 is 0. The van der Waals surface area contributed by atoms with Gasteiger partial charge in [0.15, 0.2) is 0 Å². The first-order valence-corrected chi connectivity index (χ1v) is 8.42. The van der Waals surface area contributed by atoms with E-state index in [9.17, 15) is 5.11 Å². The highest BCUT2D eigenvalue weighted by Crippen LogP contribution is 2.36. The van der Waals surface area contributed by atoms with Gasteiger partial charge < -0.3 is 10.0 Å². The molecule has 24 heavy (non-hydrogen) atoms. The molecule has 1 atom stereocenters. The van der Waals surface area contributed by atoms with E-state index in [1.807, 2.05) is 12.1 Å². The smallest absolute Gasteiger partial charge is 0.129 e. The number of hydrogen-bond acceptors (Lipinski definition) is 5. The largest absolute Gasteiger partial charge is 0.381 e. The summed E-state index contributed by atoms with van der Waals surface area (Å²) in [5, 5.41) is 22.6. The van der Waals surface area contributed by atoms with E-state index in [0.29, 0.717) is 18.7 Å². The highest BCUT2D eigenvalue weighted by molar-refractivity contribution is 5.92. The normalized spacial score (nSPS) is 20.8. The lowest BCUT2D eigenvalue weighted by atomic mass is 10.00. The summed E-state index contributed by atoms with van der Waals surface area (Å²) in [6.45, 7) is 3.46. The van der Waals surface area contributed by atoms with Gasteiger partial charge in [0.05, 0.1) is 18.3 Å². The number of aryl methyl sites for hydroxylation is 1. The Bertz CT molecular complexity index is 848. The molecular formula is C18H21N5O. The zero-order valence-electron chi connectivity index (χ0n) is 13.7. The molecule has 0 bridgehead atoms. The van der Waals surface area contributed by atoms with Crippen molar-refractivity contribution in [1.29, 1.82) is 0 Å². The Hall–Kier alpha value is -2.47. The first-order chi connectivity index (χ1) is 11.7. The van der Waals surface area contributed by atoms with Crippen LogP contribution in [0.2, 0.25) is 0 Å². The number of β-amino-alcohol motifs (C(OH)–C–C–N with tert-alkyl or cyclic N) is 1. The Morgan fingerprint density at radius 3 is 3.00 bits per heavy atom. The summed E-state index contributed by atoms with van der Waals surface area (Å²) < 4.78 is 0. The molecule has 0 saturated carbocycles. The molecule has 1 aliphatic rings. The number of nitrogens with one attached hydrogen (secondary N) is 1. The van der Waals surface area contributed by atoms with Gasteiger partial charge in [-0.2, -0.15) is 15.4 Å². The minimum absolute atomic E-state index is 0.513. The van der Waals surface area contributed by atoms with E-state index in [4.69, 9.17) is 4.98 Å². The number of para-hydroxylation sites is 1. The van der Waals surface area contributed by atoms with E-state index >= 15 is 0 Å². The number of aliphatic hydroxyl groups is 1. The van der Waals surface area contributed by atoms with Crippen LogP contribution in [0.1, 0.15) is 31.2 Å². The number of rotatable bonds is 4. The maximum absolute atomic E-state index is 10.9. The molecule has 0 spiro atoms. The molecule has 0 amide bonds. The molecule has 6 heteroatoms. The van der Waals surface area contributed by atoms with Gasteiger partial charge in [0.1, 0.15) is 11.3 Å². The fraction of sp³-hybridized carbons (Fsp3) is 0.389. The number of benzene rings is 1. The highest BCUT2D eigenvalue weighted by atomic mass is 16.3. The lowest BCUT2D eigenvalue weighted by molar-refractivity contribution is 0.0560. The van der Waals surface area contributed by atoms with Crippen molar-refractivity contribution in [1.82, 2.24) is 20.4 Å². The molecule has 2 N–H and O–H groups in total. The molecule has 6 nitrogen and oxygen atoms in total. The van der Waals surface area contributed by atoms with Gasteiger partial charge in [0, 0.05) is 29.7 Å². The van der Waals surface area contributed by atoms with Gasteiger partial charge in [0.2, 0.25) is 0 Å². The molecule has 2 aromatic heterocycles. The van der Waals surface area contributed by atoms with Gasteiger partial charge in [-0.25, -0.2) is 0 Å². The molecular weight excluding hydrogens is 302 g/mol. The molecule has 124 valence electrons. The van der Waals surface area contributed by atoms with Crippen LogP contribution in [0.3, 0.4) is 0 Å². The Labute approximate surface area is 140 Å². The number of hydrogen-bond donors (Lipinski definition) is 2. The Morgan fingerprint density at radius 2 is 2.21 bits per heavy atom. The lowest BCUT2D eigenvalue weighted by Crippen LogP contribution is -2.31. The maximum atomic E-state index is 10.9. The molecule has 0 aliphatic carbocycles. The number of pyridine rings is 1. The van der Waals surface area contributed by atoms with Gasteiger partial charge in [0.25, 0.3) is 0 Å². The van der Waals surface area contributed by atoms with Crippen LogP contribution < -0.4 is 4.90 Å². The second kappa shape index (κ2) is 5.87. The second-order valence-corrected chi connectivity index (χ2v) is 6.46. The molecule has 1 aliphatic heterocycles. The Kier molecular flexibility index (Phi) is 3.69. The molecule has 1 fully saturated rings. The van der Waals surface area contributed by atoms with Crippen molar-refractivity contribution in [2.75, 3.05) is 18.0 Å². The molecule has 3 heterocycles. The van der Waals surface area contributed by atoms with Crippen LogP contribution in [0.15, 0.2) is 36.5 Å². The van der Waals surface area contributed by atoms with E-state index in [-0.39, 0.29) is 0 Å². The van der Waals surface area contributed by atoms with Crippen molar-refractivity contribution < 1.29 is 5.11 Å². The van der Waals surface area contributed by atoms with Crippen LogP contribution in [0.5, 0.6) is 0 Å². The molecule has 3 aromatic rings. The molecule has 1 aromatic carbocycles. The predicted molar refractivity (Wildman–Crippen MR) is 92.8 cm³/mol. The van der Waals surface area contributed by atoms with E-state index in [1.165, 1.54) is 0 Å². The van der Waals surface area contributed by atoms with E-state index in [2.05, 4.69) is 45.4 Å². The number of H-pyrrole nitrogens is 1. The van der Waals surface area contributed by atoms with Crippen molar-refractivity contribution in [2.45, 2.75) is 31.8 Å². The molecule has 0 unspecified atom stereocenters. The van der Waals surface area contributed by atoms with Crippen molar-refractivity contribution in [3.63, 3.8) is 0 Å². The van der Waals surface area contributed by atoms with Crippen molar-refractivity contribution >= 4 is 16.6 Å². The van der Waals surface area contributed by atoms with Gasteiger partial charge in [-0.3, -0.25) is 4.98 Å². The Balaban J connectivity index is 1.74. The summed E-state index contributed by atoms with van der Waals surface area (Å²) in [5.41, 5.74) is 2.90. The van der Waals surface area contributed by atoms with Crippen LogP contribution in [-0.2, 0) is 12.0 Å². The first kappa shape index (κ1) is 15.1. The minimum atomic E-state index is -0.956. The maximum Gasteiger partial charge on any atom is 0.129 e. The van der Waals surface area contributed by atoms with E-state index in [1.54, 1.807) is 6.20 Å². The third kappa shape index (κ3) is 2.53. The minimum Gasteiger partial charge on any atom is -0.381 e. The number of aromatic amines is 1. The number of anilines is 1. The average molecular weight is 323 g/mol. The van der Waals surface area contributed by atoms with Crippen LogP contribution in [-0.4, -0.2) is 38.6 Å². The fourth-order valence-electron chi connectivity index (χ4n) is 3.49. The molecule has 4 rings (SSSR count). The summed E-state index contributed by atoms with van der Waals surface area (Å²) in [5.74, 6) is 0. The van der Waals surface area contributed by atoms with Gasteiger partial charge in [-0.05, 0) is 18.6 Å². The summed E-state index contributed by atoms with van der Waals surface area (Å²) in [4.78, 5) is 7.00.